The number of rotatable bonds is 3. The number of nitrogens with zero attached hydrogens (tertiary/aromatic N) is 1. The van der Waals surface area contributed by atoms with Gasteiger partial charge in [0.15, 0.2) is 0 Å². The fourth-order valence-electron chi connectivity index (χ4n) is 2.06. The average molecular weight is 264 g/mol. The lowest BCUT2D eigenvalue weighted by atomic mass is 9.98. The lowest BCUT2D eigenvalue weighted by Crippen LogP contribution is -1.91. The van der Waals surface area contributed by atoms with Crippen molar-refractivity contribution < 1.29 is 6.85 Å². The highest BCUT2D eigenvalue weighted by molar-refractivity contribution is 5.63. The van der Waals surface area contributed by atoms with Crippen molar-refractivity contribution in [2.45, 2.75) is 13.2 Å². The Morgan fingerprint density at radius 2 is 1.80 bits per heavy atom. The molecule has 0 aliphatic heterocycles. The average Bonchev–Trinajstić information content (AvgIpc) is 2.62. The molecular weight excluding hydrogens is 242 g/mol. The number of hydrogen-bond acceptors (Lipinski definition) is 1. The van der Waals surface area contributed by atoms with Crippen molar-refractivity contribution in [3.63, 3.8) is 0 Å². The van der Waals surface area contributed by atoms with Gasteiger partial charge < -0.3 is 0 Å². The molecule has 0 atom stereocenters. The van der Waals surface area contributed by atoms with Crippen LogP contribution in [0.15, 0.2) is 72.9 Å². The smallest absolute Gasteiger partial charge is 0.0704 e. The van der Waals surface area contributed by atoms with Gasteiger partial charge in [0, 0.05) is 18.6 Å². The molecule has 0 N–H and O–H groups in total. The lowest BCUT2D eigenvalue weighted by Gasteiger charge is -2.08. The van der Waals surface area contributed by atoms with Crippen molar-refractivity contribution >= 4 is 0 Å². The minimum atomic E-state index is -2.37. The maximum absolute atomic E-state index is 8.45. The SMILES string of the molecule is [2H]C([2H])([2H])c1cc(C([2H])([2H])c2ccccc2)ccc1-c1ccccn1. The van der Waals surface area contributed by atoms with Gasteiger partial charge in [-0.3, -0.25) is 4.98 Å². The first-order valence-electron chi connectivity index (χ1n) is 8.92. The Labute approximate surface area is 127 Å². The third-order valence-electron chi connectivity index (χ3n) is 3.02. The summed E-state index contributed by atoms with van der Waals surface area (Å²) in [6.07, 6.45) is -0.181. The van der Waals surface area contributed by atoms with Gasteiger partial charge >= 0.3 is 0 Å². The first kappa shape index (κ1) is 8.01. The van der Waals surface area contributed by atoms with Gasteiger partial charge in [0.25, 0.3) is 0 Å². The maximum Gasteiger partial charge on any atom is 0.0704 e. The molecule has 0 aliphatic carbocycles. The third-order valence-corrected chi connectivity index (χ3v) is 3.02. The molecule has 1 aromatic heterocycles. The van der Waals surface area contributed by atoms with Crippen LogP contribution in [-0.4, -0.2) is 4.98 Å². The van der Waals surface area contributed by atoms with Crippen LogP contribution in [0.2, 0.25) is 0 Å². The molecule has 3 aromatic rings. The third kappa shape index (κ3) is 2.77. The monoisotopic (exact) mass is 264 g/mol. The van der Waals surface area contributed by atoms with E-state index in [0.717, 1.165) is 0 Å². The number of pyridine rings is 1. The van der Waals surface area contributed by atoms with Crippen LogP contribution in [0, 0.1) is 6.85 Å². The highest BCUT2D eigenvalue weighted by atomic mass is 14.7. The van der Waals surface area contributed by atoms with Crippen molar-refractivity contribution in [1.29, 1.82) is 0 Å². The molecule has 20 heavy (non-hydrogen) atoms. The zero-order valence-electron chi connectivity index (χ0n) is 15.9. The molecule has 0 amide bonds. The summed E-state index contributed by atoms with van der Waals surface area (Å²) >= 11 is 0. The van der Waals surface area contributed by atoms with E-state index in [0.29, 0.717) is 22.4 Å². The molecule has 0 aliphatic rings. The minimum absolute atomic E-state index is 0.100. The number of aromatic nitrogens is 1. The van der Waals surface area contributed by atoms with Crippen molar-refractivity contribution in [2.75, 3.05) is 0 Å². The first-order chi connectivity index (χ1) is 11.8. The maximum atomic E-state index is 8.45. The molecule has 0 spiro atoms. The molecule has 1 heterocycles. The summed E-state index contributed by atoms with van der Waals surface area (Å²) < 4.78 is 40.5. The second-order valence-electron chi connectivity index (χ2n) is 4.47. The summed E-state index contributed by atoms with van der Waals surface area (Å²) in [5.74, 6) is 0. The van der Waals surface area contributed by atoms with E-state index in [1.165, 1.54) is 6.07 Å². The van der Waals surface area contributed by atoms with E-state index >= 15 is 0 Å². The van der Waals surface area contributed by atoms with Gasteiger partial charge in [-0.25, -0.2) is 0 Å². The van der Waals surface area contributed by atoms with Crippen LogP contribution in [0.1, 0.15) is 23.5 Å². The molecule has 98 valence electrons. The molecule has 1 heteroatoms. The Bertz CT molecular complexity index is 858. The van der Waals surface area contributed by atoms with E-state index < -0.39 is 13.2 Å². The van der Waals surface area contributed by atoms with Crippen LogP contribution in [0.4, 0.5) is 0 Å². The Morgan fingerprint density at radius 3 is 2.55 bits per heavy atom. The van der Waals surface area contributed by atoms with Crippen molar-refractivity contribution in [3.05, 3.63) is 89.6 Å². The van der Waals surface area contributed by atoms with Gasteiger partial charge in [-0.05, 0) is 42.0 Å². The molecule has 0 saturated carbocycles. The fraction of sp³-hybridized carbons (Fsp3) is 0.105. The van der Waals surface area contributed by atoms with Crippen molar-refractivity contribution in [3.8, 4) is 11.3 Å². The largest absolute Gasteiger partial charge is 0.256 e. The van der Waals surface area contributed by atoms with Crippen LogP contribution in [0.3, 0.4) is 0 Å². The molecule has 0 radical (unpaired) electrons. The molecule has 3 rings (SSSR count). The molecule has 1 nitrogen and oxygen atoms in total. The van der Waals surface area contributed by atoms with E-state index in [4.69, 9.17) is 6.85 Å². The second-order valence-corrected chi connectivity index (χ2v) is 4.47. The van der Waals surface area contributed by atoms with Crippen LogP contribution < -0.4 is 0 Å². The van der Waals surface area contributed by atoms with E-state index in [1.54, 1.807) is 60.8 Å². The molecule has 0 bridgehead atoms. The Morgan fingerprint density at radius 1 is 0.950 bits per heavy atom. The van der Waals surface area contributed by atoms with Crippen molar-refractivity contribution in [1.82, 2.24) is 4.98 Å². The van der Waals surface area contributed by atoms with Gasteiger partial charge in [-0.2, -0.15) is 0 Å². The summed E-state index contributed by atoms with van der Waals surface area (Å²) in [7, 11) is 0. The number of aryl methyl sites for hydroxylation is 1. The summed E-state index contributed by atoms with van der Waals surface area (Å²) in [5, 5.41) is 0. The van der Waals surface area contributed by atoms with Crippen LogP contribution in [-0.2, 0) is 6.37 Å². The topological polar surface area (TPSA) is 12.9 Å². The molecule has 0 fully saturated rings. The molecule has 2 aromatic carbocycles. The highest BCUT2D eigenvalue weighted by Crippen LogP contribution is 2.23. The zero-order chi connectivity index (χ0) is 18.1. The first-order valence-corrected chi connectivity index (χ1v) is 6.42. The number of benzene rings is 2. The van der Waals surface area contributed by atoms with Crippen LogP contribution >= 0.6 is 0 Å². The predicted octanol–water partition coefficient (Wildman–Crippen LogP) is 4.65. The normalized spacial score (nSPS) is 15.5. The van der Waals surface area contributed by atoms with E-state index in [1.807, 2.05) is 6.07 Å². The number of hydrogen-bond donors (Lipinski definition) is 0. The predicted molar refractivity (Wildman–Crippen MR) is 83.7 cm³/mol. The molecule has 0 unspecified atom stereocenters. The summed E-state index contributed by atoms with van der Waals surface area (Å²) in [5.41, 5.74) is 1.94. The quantitative estimate of drug-likeness (QED) is 0.671. The van der Waals surface area contributed by atoms with Gasteiger partial charge in [0.1, 0.15) is 0 Å². The summed E-state index contributed by atoms with van der Waals surface area (Å²) in [4.78, 5) is 4.23. The van der Waals surface area contributed by atoms with Gasteiger partial charge in [0.2, 0.25) is 0 Å². The van der Waals surface area contributed by atoms with Crippen LogP contribution in [0.5, 0.6) is 0 Å². The zero-order valence-corrected chi connectivity index (χ0v) is 10.9. The fourth-order valence-corrected chi connectivity index (χ4v) is 2.06. The van der Waals surface area contributed by atoms with Crippen molar-refractivity contribution in [2.24, 2.45) is 0 Å². The Kier molecular flexibility index (Phi) is 2.28. The Balaban J connectivity index is 2.16. The van der Waals surface area contributed by atoms with Gasteiger partial charge in [0.05, 0.1) is 5.69 Å². The van der Waals surface area contributed by atoms with E-state index in [9.17, 15) is 0 Å². The van der Waals surface area contributed by atoms with Gasteiger partial charge in [-0.15, -0.1) is 0 Å². The standard InChI is InChI=1S/C19H17N/c1-15-13-17(14-16-7-3-2-4-8-16)10-11-18(15)19-9-5-6-12-20-19/h2-13H,14H2,1H3/i1D3,14D2. The van der Waals surface area contributed by atoms with Crippen LogP contribution in [0.25, 0.3) is 11.3 Å². The highest BCUT2D eigenvalue weighted by Gasteiger charge is 2.04. The van der Waals surface area contributed by atoms with E-state index in [2.05, 4.69) is 4.98 Å². The minimum Gasteiger partial charge on any atom is -0.256 e. The lowest BCUT2D eigenvalue weighted by molar-refractivity contribution is 1.18. The summed E-state index contributed by atoms with van der Waals surface area (Å²) in [6, 6.07) is 18.7. The Hall–Kier alpha value is -2.41. The molecule has 0 saturated heterocycles. The second kappa shape index (κ2) is 5.70. The van der Waals surface area contributed by atoms with E-state index in [-0.39, 0.29) is 5.56 Å². The summed E-state index contributed by atoms with van der Waals surface area (Å²) in [6.45, 7) is -2.37. The van der Waals surface area contributed by atoms with Gasteiger partial charge in [-0.1, -0.05) is 54.6 Å². The molecular formula is C19H17N.